The molecule has 2 N–H and O–H groups in total. The maximum Gasteiger partial charge on any atom is 0.356 e. The van der Waals surface area contributed by atoms with E-state index in [1.54, 1.807) is 19.1 Å². The fraction of sp³-hybridized carbons (Fsp3) is 0.0714. The predicted molar refractivity (Wildman–Crippen MR) is 71.5 cm³/mol. The number of aromatic carboxylic acids is 2. The number of pyridine rings is 1. The van der Waals surface area contributed by atoms with Crippen LogP contribution in [0.1, 0.15) is 26.6 Å². The standard InChI is InChI=1S/C14H10N2O5/c1-7-2-5-10(21-7)12-15-11(14(19)20)9-4-3-8(13(17)18)6-16(9)12/h2-6H,1H3,(H,17,18)(H,19,20). The van der Waals surface area contributed by atoms with Crippen molar-refractivity contribution in [2.45, 2.75) is 6.92 Å². The Hall–Kier alpha value is -3.09. The van der Waals surface area contributed by atoms with Gasteiger partial charge in [0, 0.05) is 6.20 Å². The zero-order valence-electron chi connectivity index (χ0n) is 10.9. The van der Waals surface area contributed by atoms with Crippen LogP contribution >= 0.6 is 0 Å². The summed E-state index contributed by atoms with van der Waals surface area (Å²) in [5.41, 5.74) is 0.175. The van der Waals surface area contributed by atoms with Crippen LogP contribution in [-0.4, -0.2) is 31.5 Å². The molecule has 0 amide bonds. The summed E-state index contributed by atoms with van der Waals surface area (Å²) in [6, 6.07) is 6.13. The normalized spacial score (nSPS) is 10.9. The van der Waals surface area contributed by atoms with Gasteiger partial charge in [0.05, 0.1) is 11.1 Å². The molecule has 7 nitrogen and oxygen atoms in total. The highest BCUT2D eigenvalue weighted by atomic mass is 16.4. The largest absolute Gasteiger partial charge is 0.478 e. The summed E-state index contributed by atoms with van der Waals surface area (Å²) in [4.78, 5) is 26.4. The second kappa shape index (κ2) is 4.48. The Morgan fingerprint density at radius 2 is 1.90 bits per heavy atom. The molecule has 0 atom stereocenters. The van der Waals surface area contributed by atoms with Crippen molar-refractivity contribution >= 4 is 17.5 Å². The highest BCUT2D eigenvalue weighted by molar-refractivity contribution is 5.96. The molecule has 0 unspecified atom stereocenters. The third kappa shape index (κ3) is 2.04. The lowest BCUT2D eigenvalue weighted by Crippen LogP contribution is -2.00. The lowest BCUT2D eigenvalue weighted by atomic mass is 10.2. The van der Waals surface area contributed by atoms with Crippen LogP contribution in [0.25, 0.3) is 17.1 Å². The number of aryl methyl sites for hydroxylation is 1. The van der Waals surface area contributed by atoms with Gasteiger partial charge < -0.3 is 14.6 Å². The zero-order valence-corrected chi connectivity index (χ0v) is 10.9. The number of nitrogens with zero attached hydrogens (tertiary/aromatic N) is 2. The van der Waals surface area contributed by atoms with Crippen molar-refractivity contribution < 1.29 is 24.2 Å². The Morgan fingerprint density at radius 3 is 2.48 bits per heavy atom. The number of fused-ring (bicyclic) bond motifs is 1. The molecule has 0 aliphatic rings. The Morgan fingerprint density at radius 1 is 1.14 bits per heavy atom. The van der Waals surface area contributed by atoms with Crippen LogP contribution in [0.2, 0.25) is 0 Å². The molecule has 0 spiro atoms. The topological polar surface area (TPSA) is 105 Å². The van der Waals surface area contributed by atoms with Crippen molar-refractivity contribution in [1.82, 2.24) is 9.38 Å². The summed E-state index contributed by atoms with van der Waals surface area (Å²) in [6.07, 6.45) is 1.32. The number of carbonyl (C=O) groups is 2. The first-order valence-corrected chi connectivity index (χ1v) is 6.03. The summed E-state index contributed by atoms with van der Waals surface area (Å²) in [7, 11) is 0. The fourth-order valence-electron chi connectivity index (χ4n) is 2.10. The van der Waals surface area contributed by atoms with Crippen molar-refractivity contribution in [3.8, 4) is 11.6 Å². The van der Waals surface area contributed by atoms with Gasteiger partial charge in [-0.25, -0.2) is 14.6 Å². The molecule has 7 heteroatoms. The van der Waals surface area contributed by atoms with Crippen molar-refractivity contribution in [3.63, 3.8) is 0 Å². The monoisotopic (exact) mass is 286 g/mol. The van der Waals surface area contributed by atoms with Gasteiger partial charge in [0.1, 0.15) is 5.76 Å². The first kappa shape index (κ1) is 12.9. The average molecular weight is 286 g/mol. The molecule has 0 saturated heterocycles. The van der Waals surface area contributed by atoms with E-state index in [0.717, 1.165) is 0 Å². The molecule has 21 heavy (non-hydrogen) atoms. The Labute approximate surface area is 118 Å². The van der Waals surface area contributed by atoms with Crippen LogP contribution in [0, 0.1) is 6.92 Å². The van der Waals surface area contributed by atoms with Gasteiger partial charge in [-0.2, -0.15) is 0 Å². The maximum absolute atomic E-state index is 11.3. The minimum Gasteiger partial charge on any atom is -0.478 e. The van der Waals surface area contributed by atoms with Crippen molar-refractivity contribution in [2.24, 2.45) is 0 Å². The molecule has 0 saturated carbocycles. The number of carboxylic acids is 2. The first-order chi connectivity index (χ1) is 9.97. The van der Waals surface area contributed by atoms with Crippen LogP contribution in [0.3, 0.4) is 0 Å². The molecule has 3 aromatic heterocycles. The molecule has 0 aromatic carbocycles. The van der Waals surface area contributed by atoms with E-state index in [1.807, 2.05) is 0 Å². The first-order valence-electron chi connectivity index (χ1n) is 6.03. The van der Waals surface area contributed by atoms with Crippen LogP contribution in [0.15, 0.2) is 34.9 Å². The van der Waals surface area contributed by atoms with E-state index >= 15 is 0 Å². The van der Waals surface area contributed by atoms with E-state index in [9.17, 15) is 14.7 Å². The average Bonchev–Trinajstić information content (AvgIpc) is 3.01. The van der Waals surface area contributed by atoms with Crippen LogP contribution < -0.4 is 0 Å². The minimum absolute atomic E-state index is 0.0290. The zero-order chi connectivity index (χ0) is 15.1. The molecule has 0 aliphatic heterocycles. The molecule has 3 heterocycles. The smallest absolute Gasteiger partial charge is 0.356 e. The van der Waals surface area contributed by atoms with Gasteiger partial charge in [0.25, 0.3) is 0 Å². The molecule has 3 aromatic rings. The van der Waals surface area contributed by atoms with E-state index in [2.05, 4.69) is 4.98 Å². The third-order valence-electron chi connectivity index (χ3n) is 3.05. The number of imidazole rings is 1. The number of hydrogen-bond donors (Lipinski definition) is 2. The Bertz CT molecular complexity index is 875. The Kier molecular flexibility index (Phi) is 2.76. The van der Waals surface area contributed by atoms with E-state index in [4.69, 9.17) is 9.52 Å². The van der Waals surface area contributed by atoms with Gasteiger partial charge >= 0.3 is 11.9 Å². The molecule has 0 fully saturated rings. The van der Waals surface area contributed by atoms with Crippen LogP contribution in [0.4, 0.5) is 0 Å². The number of hydrogen-bond acceptors (Lipinski definition) is 4. The number of rotatable bonds is 3. The number of furan rings is 1. The van der Waals surface area contributed by atoms with Crippen LogP contribution in [0.5, 0.6) is 0 Å². The quantitative estimate of drug-likeness (QED) is 0.765. The predicted octanol–water partition coefficient (Wildman–Crippen LogP) is 2.30. The van der Waals surface area contributed by atoms with Crippen molar-refractivity contribution in [2.75, 3.05) is 0 Å². The van der Waals surface area contributed by atoms with Gasteiger partial charge in [-0.3, -0.25) is 4.40 Å². The molecular weight excluding hydrogens is 276 g/mol. The van der Waals surface area contributed by atoms with E-state index < -0.39 is 11.9 Å². The van der Waals surface area contributed by atoms with E-state index in [0.29, 0.717) is 17.0 Å². The lowest BCUT2D eigenvalue weighted by molar-refractivity contribution is 0.0685. The molecule has 0 aliphatic carbocycles. The third-order valence-corrected chi connectivity index (χ3v) is 3.05. The number of carboxylic acid groups (broad SMARTS) is 2. The van der Waals surface area contributed by atoms with Crippen molar-refractivity contribution in [1.29, 1.82) is 0 Å². The lowest BCUT2D eigenvalue weighted by Gasteiger charge is -2.00. The summed E-state index contributed by atoms with van der Waals surface area (Å²) < 4.78 is 6.86. The molecule has 0 bridgehead atoms. The second-order valence-electron chi connectivity index (χ2n) is 4.48. The van der Waals surface area contributed by atoms with Gasteiger partial charge in [-0.05, 0) is 31.2 Å². The van der Waals surface area contributed by atoms with Gasteiger partial charge in [-0.1, -0.05) is 0 Å². The molecule has 3 rings (SSSR count). The molecular formula is C14H10N2O5. The van der Waals surface area contributed by atoms with E-state index in [-0.39, 0.29) is 17.1 Å². The summed E-state index contributed by atoms with van der Waals surface area (Å²) in [5, 5.41) is 18.3. The highest BCUT2D eigenvalue weighted by Gasteiger charge is 2.20. The van der Waals surface area contributed by atoms with Gasteiger partial charge in [-0.15, -0.1) is 0 Å². The highest BCUT2D eigenvalue weighted by Crippen LogP contribution is 2.25. The summed E-state index contributed by atoms with van der Waals surface area (Å²) >= 11 is 0. The molecule has 106 valence electrons. The molecule has 0 radical (unpaired) electrons. The van der Waals surface area contributed by atoms with Crippen molar-refractivity contribution in [3.05, 3.63) is 47.5 Å². The van der Waals surface area contributed by atoms with Gasteiger partial charge in [0.15, 0.2) is 17.3 Å². The fourth-order valence-corrected chi connectivity index (χ4v) is 2.10. The second-order valence-corrected chi connectivity index (χ2v) is 4.48. The number of aromatic nitrogens is 2. The summed E-state index contributed by atoms with van der Waals surface area (Å²) in [5.74, 6) is -1.03. The summed E-state index contributed by atoms with van der Waals surface area (Å²) in [6.45, 7) is 1.75. The van der Waals surface area contributed by atoms with E-state index in [1.165, 1.54) is 22.7 Å². The Balaban J connectivity index is 2.34. The minimum atomic E-state index is -1.19. The SMILES string of the molecule is Cc1ccc(-c2nc(C(=O)O)c3ccc(C(=O)O)cn23)o1. The van der Waals surface area contributed by atoms with Gasteiger partial charge in [0.2, 0.25) is 0 Å². The van der Waals surface area contributed by atoms with Crippen LogP contribution in [-0.2, 0) is 0 Å². The maximum atomic E-state index is 11.3.